The van der Waals surface area contributed by atoms with Gasteiger partial charge in [-0.05, 0) is 57.4 Å². The molecule has 8 nitrogen and oxygen atoms in total. The Morgan fingerprint density at radius 2 is 2.06 bits per heavy atom. The van der Waals surface area contributed by atoms with Crippen LogP contribution in [0.15, 0.2) is 36.8 Å². The highest BCUT2D eigenvalue weighted by atomic mass is 32.1. The molecule has 0 aromatic carbocycles. The molecule has 0 radical (unpaired) electrons. The number of carbonyl (C=O) groups excluding carboxylic acids is 1. The monoisotopic (exact) mass is 494 g/mol. The van der Waals surface area contributed by atoms with Crippen molar-refractivity contribution in [3.8, 4) is 22.9 Å². The first-order valence-corrected chi connectivity index (χ1v) is 11.8. The molecule has 1 aliphatic rings. The molecular formula is C26H34N6O2S. The van der Waals surface area contributed by atoms with E-state index in [2.05, 4.69) is 28.3 Å². The van der Waals surface area contributed by atoms with Crippen molar-refractivity contribution in [2.75, 3.05) is 31.6 Å². The molecule has 9 heteroatoms. The van der Waals surface area contributed by atoms with Crippen LogP contribution in [-0.2, 0) is 4.79 Å². The number of rotatable bonds is 8. The summed E-state index contributed by atoms with van der Waals surface area (Å²) in [7, 11) is 1.83. The topological polar surface area (TPSA) is 95.5 Å². The third-order valence-corrected chi connectivity index (χ3v) is 6.89. The fourth-order valence-corrected chi connectivity index (χ4v) is 4.56. The van der Waals surface area contributed by atoms with Gasteiger partial charge in [-0.25, -0.2) is 9.50 Å². The van der Waals surface area contributed by atoms with Crippen LogP contribution in [0.4, 0.5) is 5.82 Å². The second-order valence-electron chi connectivity index (χ2n) is 9.34. The van der Waals surface area contributed by atoms with Gasteiger partial charge in [0, 0.05) is 36.8 Å². The van der Waals surface area contributed by atoms with E-state index >= 15 is 0 Å². The lowest BCUT2D eigenvalue weighted by molar-refractivity contribution is -0.123. The zero-order chi connectivity index (χ0) is 24.3. The maximum absolute atomic E-state index is 12.4. The van der Waals surface area contributed by atoms with Gasteiger partial charge in [0.25, 0.3) is 0 Å². The Hall–Kier alpha value is -3.09. The average Bonchev–Trinajstić information content (AvgIpc) is 3.27. The molecule has 1 aliphatic heterocycles. The molecular weight excluding hydrogens is 460 g/mol. The predicted octanol–water partition coefficient (Wildman–Crippen LogP) is 3.95. The normalized spacial score (nSPS) is 15.8. The molecule has 0 unspecified atom stereocenters. The summed E-state index contributed by atoms with van der Waals surface area (Å²) < 4.78 is 7.40. The summed E-state index contributed by atoms with van der Waals surface area (Å²) >= 11 is 0. The number of nitrogens with one attached hydrogen (secondary N) is 1. The number of fused-ring (bicyclic) bond motifs is 1. The fraction of sp³-hybridized carbons (Fsp3) is 0.462. The predicted molar refractivity (Wildman–Crippen MR) is 142 cm³/mol. The van der Waals surface area contributed by atoms with Gasteiger partial charge in [0.05, 0.1) is 36.1 Å². The number of nitrogens with zero attached hydrogens (tertiary/aromatic N) is 5. The van der Waals surface area contributed by atoms with Crippen LogP contribution in [0.25, 0.3) is 16.6 Å². The molecule has 1 atom stereocenters. The molecule has 1 saturated heterocycles. The Kier molecular flexibility index (Phi) is 8.41. The summed E-state index contributed by atoms with van der Waals surface area (Å²) in [6, 6.07) is 8.12. The van der Waals surface area contributed by atoms with Gasteiger partial charge < -0.3 is 15.0 Å². The van der Waals surface area contributed by atoms with E-state index in [0.29, 0.717) is 24.3 Å². The third-order valence-electron chi connectivity index (χ3n) is 6.89. The molecule has 0 aliphatic carbocycles. The van der Waals surface area contributed by atoms with Crippen molar-refractivity contribution in [2.45, 2.75) is 46.1 Å². The summed E-state index contributed by atoms with van der Waals surface area (Å²) in [4.78, 5) is 19.5. The van der Waals surface area contributed by atoms with E-state index in [4.69, 9.17) is 9.72 Å². The van der Waals surface area contributed by atoms with Gasteiger partial charge in [-0.15, -0.1) is 0 Å². The Bertz CT molecular complexity index is 1210. The summed E-state index contributed by atoms with van der Waals surface area (Å²) in [6.07, 6.45) is 7.73. The van der Waals surface area contributed by atoms with Crippen molar-refractivity contribution < 1.29 is 9.53 Å². The number of hydrogen-bond acceptors (Lipinski definition) is 7. The number of Topliss-reactive ketones (excluding diaryl/α,β-unsaturated/α-hetero) is 1. The van der Waals surface area contributed by atoms with E-state index in [1.54, 1.807) is 16.9 Å². The second kappa shape index (κ2) is 11.1. The van der Waals surface area contributed by atoms with E-state index in [-0.39, 0.29) is 30.7 Å². The fourth-order valence-electron chi connectivity index (χ4n) is 4.56. The first-order valence-electron chi connectivity index (χ1n) is 11.8. The second-order valence-corrected chi connectivity index (χ2v) is 9.34. The number of hydrogen-bond donors (Lipinski definition) is 1. The van der Waals surface area contributed by atoms with Crippen LogP contribution in [0.1, 0.15) is 45.6 Å². The molecule has 3 aromatic rings. The number of carbonyl (C=O) groups is 1. The number of ketones is 1. The highest BCUT2D eigenvalue weighted by Crippen LogP contribution is 2.37. The Morgan fingerprint density at radius 1 is 1.31 bits per heavy atom. The minimum absolute atomic E-state index is 0. The maximum atomic E-state index is 12.4. The molecule has 186 valence electrons. The zero-order valence-electron chi connectivity index (χ0n) is 20.8. The van der Waals surface area contributed by atoms with E-state index in [1.165, 1.54) is 0 Å². The molecule has 35 heavy (non-hydrogen) atoms. The summed E-state index contributed by atoms with van der Waals surface area (Å²) in [5.74, 6) is 1.89. The van der Waals surface area contributed by atoms with Gasteiger partial charge in [-0.1, -0.05) is 6.92 Å². The SMILES string of the molecule is CCOc1cc(-c2ccc(N3CCC(C)(CC(=O)[C@H](C)NC)CC3)nc2)c2c(C#N)cnn2c1.S. The number of anilines is 1. The summed E-state index contributed by atoms with van der Waals surface area (Å²) in [5, 5.41) is 16.9. The summed E-state index contributed by atoms with van der Waals surface area (Å²) in [6.45, 7) is 8.36. The molecule has 0 spiro atoms. The Morgan fingerprint density at radius 3 is 2.66 bits per heavy atom. The van der Waals surface area contributed by atoms with Gasteiger partial charge >= 0.3 is 0 Å². The van der Waals surface area contributed by atoms with Gasteiger partial charge in [0.2, 0.25) is 0 Å². The van der Waals surface area contributed by atoms with Crippen LogP contribution in [0.2, 0.25) is 0 Å². The molecule has 4 heterocycles. The van der Waals surface area contributed by atoms with Gasteiger partial charge in [0.15, 0.2) is 0 Å². The largest absolute Gasteiger partial charge is 0.492 e. The van der Waals surface area contributed by atoms with E-state index < -0.39 is 0 Å². The lowest BCUT2D eigenvalue weighted by Gasteiger charge is -2.40. The van der Waals surface area contributed by atoms with Crippen molar-refractivity contribution in [1.29, 1.82) is 5.26 Å². The van der Waals surface area contributed by atoms with Gasteiger partial charge in [0.1, 0.15) is 23.4 Å². The highest BCUT2D eigenvalue weighted by Gasteiger charge is 2.33. The molecule has 1 N–H and O–H groups in total. The molecule has 4 rings (SSSR count). The molecule has 1 fully saturated rings. The highest BCUT2D eigenvalue weighted by molar-refractivity contribution is 7.59. The summed E-state index contributed by atoms with van der Waals surface area (Å²) in [5.41, 5.74) is 3.05. The van der Waals surface area contributed by atoms with Crippen LogP contribution in [0, 0.1) is 16.7 Å². The van der Waals surface area contributed by atoms with Crippen LogP contribution in [-0.4, -0.2) is 53.2 Å². The number of aromatic nitrogens is 3. The van der Waals surface area contributed by atoms with Crippen molar-refractivity contribution in [3.05, 3.63) is 42.4 Å². The standard InChI is InChI=1S/C26H32N6O2.H2S/c1-5-34-21-12-22(25-20(14-27)16-30-32(25)17-21)19-6-7-24(29-15-19)31-10-8-26(3,9-11-31)13-23(33)18(2)28-4;/h6-7,12,15-18,28H,5,8-11,13H2,1-4H3;1H2/t18-;/m0./s1. The molecule has 0 amide bonds. The first-order chi connectivity index (χ1) is 16.4. The van der Waals surface area contributed by atoms with E-state index in [0.717, 1.165) is 48.4 Å². The lowest BCUT2D eigenvalue weighted by Crippen LogP contribution is -2.42. The number of nitriles is 1. The average molecular weight is 495 g/mol. The van der Waals surface area contributed by atoms with E-state index in [1.807, 2.05) is 45.3 Å². The van der Waals surface area contributed by atoms with Crippen LogP contribution >= 0.6 is 13.5 Å². The molecule has 0 saturated carbocycles. The Balaban J connectivity index is 0.00000342. The maximum Gasteiger partial charge on any atom is 0.149 e. The number of piperidine rings is 1. The minimum atomic E-state index is -0.103. The van der Waals surface area contributed by atoms with Crippen molar-refractivity contribution in [3.63, 3.8) is 0 Å². The van der Waals surface area contributed by atoms with Gasteiger partial charge in [-0.2, -0.15) is 23.9 Å². The third kappa shape index (κ3) is 5.60. The first kappa shape index (κ1) is 26.5. The van der Waals surface area contributed by atoms with E-state index in [9.17, 15) is 10.1 Å². The number of likely N-dealkylation sites (N-methyl/N-ethyl adjacent to an activating group) is 1. The number of pyridine rings is 2. The smallest absolute Gasteiger partial charge is 0.149 e. The van der Waals surface area contributed by atoms with Crippen LogP contribution in [0.3, 0.4) is 0 Å². The molecule has 3 aromatic heterocycles. The van der Waals surface area contributed by atoms with Crippen molar-refractivity contribution >= 4 is 30.6 Å². The molecule has 0 bridgehead atoms. The quantitative estimate of drug-likeness (QED) is 0.506. The lowest BCUT2D eigenvalue weighted by atomic mass is 9.75. The van der Waals surface area contributed by atoms with Crippen LogP contribution < -0.4 is 15.0 Å². The van der Waals surface area contributed by atoms with Crippen molar-refractivity contribution in [2.24, 2.45) is 5.41 Å². The zero-order valence-corrected chi connectivity index (χ0v) is 21.8. The minimum Gasteiger partial charge on any atom is -0.492 e. The van der Waals surface area contributed by atoms with Crippen LogP contribution in [0.5, 0.6) is 5.75 Å². The Labute approximate surface area is 213 Å². The van der Waals surface area contributed by atoms with Crippen molar-refractivity contribution in [1.82, 2.24) is 19.9 Å². The number of ether oxygens (including phenoxy) is 1. The van der Waals surface area contributed by atoms with Gasteiger partial charge in [-0.3, -0.25) is 4.79 Å².